The van der Waals surface area contributed by atoms with E-state index in [0.717, 1.165) is 56.8 Å². The molecule has 5 heteroatoms. The first kappa shape index (κ1) is 18.6. The molecule has 1 aliphatic rings. The van der Waals surface area contributed by atoms with Gasteiger partial charge in [-0.05, 0) is 49.1 Å². The summed E-state index contributed by atoms with van der Waals surface area (Å²) in [7, 11) is 3.35. The first-order valence-corrected chi connectivity index (χ1v) is 8.82. The maximum atomic E-state index is 10.5. The van der Waals surface area contributed by atoms with Gasteiger partial charge in [0, 0.05) is 19.5 Å². The van der Waals surface area contributed by atoms with E-state index in [9.17, 15) is 4.79 Å². The first-order valence-electron chi connectivity index (χ1n) is 8.82. The standard InChI is InChI=1S/C19H29NO4/c1-23-17-12-15-9-11-20(14-16(15)13-18(17)24-2)10-7-5-3-4-6-8-19(21)22/h12-13H,3-11,14H2,1-2H3,(H,21,22). The second-order valence-corrected chi connectivity index (χ2v) is 6.41. The van der Waals surface area contributed by atoms with Crippen molar-refractivity contribution in [3.8, 4) is 11.5 Å². The van der Waals surface area contributed by atoms with E-state index in [1.807, 2.05) is 0 Å². The second-order valence-electron chi connectivity index (χ2n) is 6.41. The molecule has 0 saturated carbocycles. The molecule has 24 heavy (non-hydrogen) atoms. The van der Waals surface area contributed by atoms with Crippen LogP contribution in [0.3, 0.4) is 0 Å². The molecule has 1 aromatic rings. The van der Waals surface area contributed by atoms with E-state index in [4.69, 9.17) is 14.6 Å². The van der Waals surface area contributed by atoms with Crippen molar-refractivity contribution >= 4 is 5.97 Å². The van der Waals surface area contributed by atoms with Gasteiger partial charge in [-0.3, -0.25) is 9.69 Å². The number of carboxylic acid groups (broad SMARTS) is 1. The zero-order valence-electron chi connectivity index (χ0n) is 14.8. The number of ether oxygens (including phenoxy) is 2. The largest absolute Gasteiger partial charge is 0.493 e. The highest BCUT2D eigenvalue weighted by atomic mass is 16.5. The fraction of sp³-hybridized carbons (Fsp3) is 0.632. The van der Waals surface area contributed by atoms with Crippen molar-refractivity contribution in [3.05, 3.63) is 23.3 Å². The van der Waals surface area contributed by atoms with Gasteiger partial charge in [-0.1, -0.05) is 19.3 Å². The number of rotatable bonds is 10. The molecule has 0 aromatic heterocycles. The average Bonchev–Trinajstić information content (AvgIpc) is 2.59. The molecular weight excluding hydrogens is 306 g/mol. The third kappa shape index (κ3) is 5.41. The molecule has 0 saturated heterocycles. The minimum atomic E-state index is -0.686. The van der Waals surface area contributed by atoms with E-state index < -0.39 is 5.97 Å². The lowest BCUT2D eigenvalue weighted by atomic mass is 9.98. The zero-order chi connectivity index (χ0) is 17.4. The Morgan fingerprint density at radius 3 is 2.33 bits per heavy atom. The molecule has 0 radical (unpaired) electrons. The van der Waals surface area contributed by atoms with Gasteiger partial charge in [-0.15, -0.1) is 0 Å². The highest BCUT2D eigenvalue weighted by Crippen LogP contribution is 2.33. The monoisotopic (exact) mass is 335 g/mol. The van der Waals surface area contributed by atoms with Crippen LogP contribution in [0.4, 0.5) is 0 Å². The number of fused-ring (bicyclic) bond motifs is 1. The van der Waals surface area contributed by atoms with E-state index >= 15 is 0 Å². The molecular formula is C19H29NO4. The van der Waals surface area contributed by atoms with E-state index in [1.165, 1.54) is 24.0 Å². The molecule has 2 rings (SSSR count). The van der Waals surface area contributed by atoms with E-state index in [-0.39, 0.29) is 0 Å². The number of carbonyl (C=O) groups is 1. The Bertz CT molecular complexity index is 544. The number of hydrogen-bond acceptors (Lipinski definition) is 4. The smallest absolute Gasteiger partial charge is 0.303 e. The molecule has 1 aliphatic heterocycles. The van der Waals surface area contributed by atoms with Crippen LogP contribution < -0.4 is 9.47 Å². The van der Waals surface area contributed by atoms with Gasteiger partial charge in [0.25, 0.3) is 0 Å². The summed E-state index contributed by atoms with van der Waals surface area (Å²) in [6, 6.07) is 4.21. The summed E-state index contributed by atoms with van der Waals surface area (Å²) in [5, 5.41) is 8.61. The van der Waals surface area contributed by atoms with Gasteiger partial charge in [0.1, 0.15) is 0 Å². The Balaban J connectivity index is 1.73. The fourth-order valence-corrected chi connectivity index (χ4v) is 3.27. The molecule has 0 bridgehead atoms. The molecule has 0 unspecified atom stereocenters. The van der Waals surface area contributed by atoms with Crippen molar-refractivity contribution in [2.75, 3.05) is 27.3 Å². The maximum Gasteiger partial charge on any atom is 0.303 e. The predicted octanol–water partition coefficient (Wildman–Crippen LogP) is 3.49. The van der Waals surface area contributed by atoms with Gasteiger partial charge in [-0.25, -0.2) is 0 Å². The SMILES string of the molecule is COc1cc2c(cc1OC)CN(CCCCCCCC(=O)O)CC2. The van der Waals surface area contributed by atoms with Gasteiger partial charge < -0.3 is 14.6 Å². The van der Waals surface area contributed by atoms with Gasteiger partial charge in [-0.2, -0.15) is 0 Å². The van der Waals surface area contributed by atoms with Crippen LogP contribution >= 0.6 is 0 Å². The Morgan fingerprint density at radius 1 is 1.04 bits per heavy atom. The maximum absolute atomic E-state index is 10.5. The molecule has 1 heterocycles. The van der Waals surface area contributed by atoms with E-state index in [0.29, 0.717) is 6.42 Å². The number of unbranched alkanes of at least 4 members (excludes halogenated alkanes) is 4. The summed E-state index contributed by atoms with van der Waals surface area (Å²) in [5.74, 6) is 0.927. The van der Waals surface area contributed by atoms with Gasteiger partial charge >= 0.3 is 5.97 Å². The highest BCUT2D eigenvalue weighted by Gasteiger charge is 2.18. The summed E-state index contributed by atoms with van der Waals surface area (Å²) in [5.41, 5.74) is 2.69. The molecule has 1 N–H and O–H groups in total. The lowest BCUT2D eigenvalue weighted by Gasteiger charge is -2.29. The summed E-state index contributed by atoms with van der Waals surface area (Å²) in [6.07, 6.45) is 6.65. The van der Waals surface area contributed by atoms with Crippen LogP contribution in [0.15, 0.2) is 12.1 Å². The Labute approximate surface area is 144 Å². The van der Waals surface area contributed by atoms with Crippen molar-refractivity contribution in [1.82, 2.24) is 4.90 Å². The fourth-order valence-electron chi connectivity index (χ4n) is 3.27. The van der Waals surface area contributed by atoms with Gasteiger partial charge in [0.15, 0.2) is 11.5 Å². The van der Waals surface area contributed by atoms with Crippen LogP contribution in [-0.4, -0.2) is 43.3 Å². The number of carboxylic acids is 1. The predicted molar refractivity (Wildman–Crippen MR) is 93.9 cm³/mol. The summed E-state index contributed by atoms with van der Waals surface area (Å²) < 4.78 is 10.8. The molecule has 0 fully saturated rings. The molecule has 134 valence electrons. The van der Waals surface area contributed by atoms with E-state index in [1.54, 1.807) is 14.2 Å². The third-order valence-electron chi connectivity index (χ3n) is 4.66. The Hall–Kier alpha value is -1.75. The highest BCUT2D eigenvalue weighted by molar-refractivity contribution is 5.66. The van der Waals surface area contributed by atoms with E-state index in [2.05, 4.69) is 17.0 Å². The topological polar surface area (TPSA) is 59.0 Å². The Morgan fingerprint density at radius 2 is 1.67 bits per heavy atom. The number of methoxy groups -OCH3 is 2. The summed E-state index contributed by atoms with van der Waals surface area (Å²) in [6.45, 7) is 3.16. The summed E-state index contributed by atoms with van der Waals surface area (Å²) >= 11 is 0. The van der Waals surface area contributed by atoms with Crippen molar-refractivity contribution in [3.63, 3.8) is 0 Å². The molecule has 0 aliphatic carbocycles. The lowest BCUT2D eigenvalue weighted by molar-refractivity contribution is -0.137. The molecule has 5 nitrogen and oxygen atoms in total. The van der Waals surface area contributed by atoms with Crippen LogP contribution in [0.25, 0.3) is 0 Å². The van der Waals surface area contributed by atoms with Crippen LogP contribution in [0, 0.1) is 0 Å². The number of benzene rings is 1. The summed E-state index contributed by atoms with van der Waals surface area (Å²) in [4.78, 5) is 12.9. The van der Waals surface area contributed by atoms with Crippen LogP contribution in [0.1, 0.15) is 49.7 Å². The zero-order valence-corrected chi connectivity index (χ0v) is 14.8. The normalized spacial score (nSPS) is 14.2. The van der Waals surface area contributed by atoms with Crippen LogP contribution in [0.5, 0.6) is 11.5 Å². The average molecular weight is 335 g/mol. The molecule has 0 atom stereocenters. The van der Waals surface area contributed by atoms with Gasteiger partial charge in [0.05, 0.1) is 14.2 Å². The number of hydrogen-bond donors (Lipinski definition) is 1. The Kier molecular flexibility index (Phi) is 7.37. The third-order valence-corrected chi connectivity index (χ3v) is 4.66. The molecule has 0 spiro atoms. The number of aliphatic carboxylic acids is 1. The van der Waals surface area contributed by atoms with Crippen molar-refractivity contribution in [2.45, 2.75) is 51.5 Å². The van der Waals surface area contributed by atoms with Crippen LogP contribution in [-0.2, 0) is 17.8 Å². The minimum Gasteiger partial charge on any atom is -0.493 e. The van der Waals surface area contributed by atoms with Gasteiger partial charge in [0.2, 0.25) is 0 Å². The number of nitrogens with zero attached hydrogens (tertiary/aromatic N) is 1. The van der Waals surface area contributed by atoms with Crippen molar-refractivity contribution in [1.29, 1.82) is 0 Å². The minimum absolute atomic E-state index is 0.300. The quantitative estimate of drug-likeness (QED) is 0.663. The second kappa shape index (κ2) is 9.52. The van der Waals surface area contributed by atoms with Crippen molar-refractivity contribution < 1.29 is 19.4 Å². The molecule has 0 amide bonds. The van der Waals surface area contributed by atoms with Crippen molar-refractivity contribution in [2.24, 2.45) is 0 Å². The lowest BCUT2D eigenvalue weighted by Crippen LogP contribution is -2.31. The molecule has 1 aromatic carbocycles. The first-order chi connectivity index (χ1) is 11.6. The van der Waals surface area contributed by atoms with Crippen LogP contribution in [0.2, 0.25) is 0 Å².